The second kappa shape index (κ2) is 14.6. The summed E-state index contributed by atoms with van der Waals surface area (Å²) in [5, 5.41) is 13.4. The summed E-state index contributed by atoms with van der Waals surface area (Å²) in [5.74, 6) is 0.928. The monoisotopic (exact) mass is 922 g/mol. The second-order valence-electron chi connectivity index (χ2n) is 16.6. The summed E-state index contributed by atoms with van der Waals surface area (Å²) in [6.07, 6.45) is 3.64. The normalized spacial score (nSPS) is 12.0. The molecule has 9 rings (SSSR count). The zero-order chi connectivity index (χ0) is 38.8. The summed E-state index contributed by atoms with van der Waals surface area (Å²) in [5.41, 5.74) is 13.4. The molecule has 0 saturated carbocycles. The van der Waals surface area contributed by atoms with Crippen molar-refractivity contribution in [2.24, 2.45) is 0 Å². The van der Waals surface area contributed by atoms with Gasteiger partial charge in [0.25, 0.3) is 0 Å². The summed E-state index contributed by atoms with van der Waals surface area (Å²) in [7, 11) is 0. The van der Waals surface area contributed by atoms with Crippen LogP contribution in [0.4, 0.5) is 0 Å². The number of aromatic nitrogens is 4. The molecule has 5 nitrogen and oxygen atoms in total. The van der Waals surface area contributed by atoms with E-state index in [-0.39, 0.29) is 37.6 Å². The minimum absolute atomic E-state index is 0. The molecule has 57 heavy (non-hydrogen) atoms. The smallest absolute Gasteiger partial charge is 0.124 e. The number of hydrogen-bond donors (Lipinski definition) is 1. The van der Waals surface area contributed by atoms with Gasteiger partial charge in [0.1, 0.15) is 5.75 Å². The molecule has 0 amide bonds. The molecule has 3 heterocycles. The van der Waals surface area contributed by atoms with E-state index in [0.717, 1.165) is 77.7 Å². The maximum absolute atomic E-state index is 11.5. The molecule has 0 fully saturated rings. The van der Waals surface area contributed by atoms with Gasteiger partial charge in [-0.3, -0.25) is 15.0 Å². The maximum Gasteiger partial charge on any atom is 0.124 e. The van der Waals surface area contributed by atoms with Crippen LogP contribution in [0, 0.1) is 6.07 Å². The van der Waals surface area contributed by atoms with Crippen molar-refractivity contribution in [2.45, 2.75) is 52.4 Å². The van der Waals surface area contributed by atoms with Crippen LogP contribution in [0.1, 0.15) is 52.7 Å². The molecular weight excluding hydrogens is 880 g/mol. The molecular formula is C51H43N4OPt-. The van der Waals surface area contributed by atoms with Gasteiger partial charge in [-0.25, -0.2) is 0 Å². The Labute approximate surface area is 348 Å². The van der Waals surface area contributed by atoms with Crippen LogP contribution in [0.25, 0.3) is 83.3 Å². The van der Waals surface area contributed by atoms with Crippen LogP contribution in [0.2, 0.25) is 0 Å². The van der Waals surface area contributed by atoms with E-state index >= 15 is 0 Å². The first-order chi connectivity index (χ1) is 27.0. The van der Waals surface area contributed by atoms with Gasteiger partial charge in [-0.15, -0.1) is 29.8 Å². The number of phenols is 1. The fraction of sp³-hybridized carbons (Fsp3) is 0.157. The topological polar surface area (TPSA) is 63.8 Å². The maximum atomic E-state index is 11.5. The van der Waals surface area contributed by atoms with Crippen molar-refractivity contribution < 1.29 is 26.2 Å². The molecule has 0 atom stereocenters. The Bertz CT molecular complexity index is 2950. The molecule has 284 valence electrons. The second-order valence-corrected chi connectivity index (χ2v) is 16.6. The largest absolute Gasteiger partial charge is 0.507 e. The fourth-order valence-electron chi connectivity index (χ4n) is 7.78. The molecule has 6 aromatic carbocycles. The molecule has 0 bridgehead atoms. The SMILES string of the molecule is CC(C)(C)c1ccc(-n2c(-c3[c-]c(-c4cc(C(C)(C)C)cc5cccnc45)ccc3)nc3c(-c4c(O)ccc5ncccc45)cccc32)c(-c2ccccc2)c1.[Pt]. The van der Waals surface area contributed by atoms with E-state index in [1.165, 1.54) is 11.1 Å². The van der Waals surface area contributed by atoms with Gasteiger partial charge < -0.3 is 9.67 Å². The summed E-state index contributed by atoms with van der Waals surface area (Å²) in [6, 6.07) is 49.9. The van der Waals surface area contributed by atoms with Crippen LogP contribution in [0.3, 0.4) is 0 Å². The molecule has 1 N–H and O–H groups in total. The number of para-hydroxylation sites is 1. The Hall–Kier alpha value is -5.90. The average molecular weight is 923 g/mol. The molecule has 0 spiro atoms. The van der Waals surface area contributed by atoms with Gasteiger partial charge >= 0.3 is 0 Å². The van der Waals surface area contributed by atoms with Crippen LogP contribution in [0.5, 0.6) is 5.75 Å². The predicted octanol–water partition coefficient (Wildman–Crippen LogP) is 12.9. The average Bonchev–Trinajstić information content (AvgIpc) is 3.60. The van der Waals surface area contributed by atoms with E-state index in [1.807, 2.05) is 36.5 Å². The van der Waals surface area contributed by atoms with Gasteiger partial charge in [0.2, 0.25) is 0 Å². The molecule has 0 aliphatic heterocycles. The Morgan fingerprint density at radius 2 is 1.30 bits per heavy atom. The molecule has 0 saturated heterocycles. The molecule has 9 aromatic rings. The molecule has 0 aliphatic rings. The zero-order valence-electron chi connectivity index (χ0n) is 32.9. The summed E-state index contributed by atoms with van der Waals surface area (Å²) in [4.78, 5) is 15.0. The van der Waals surface area contributed by atoms with Gasteiger partial charge in [-0.05, 0) is 75.4 Å². The van der Waals surface area contributed by atoms with E-state index in [2.05, 4.69) is 154 Å². The van der Waals surface area contributed by atoms with Gasteiger partial charge in [0.05, 0.1) is 22.4 Å². The van der Waals surface area contributed by atoms with Gasteiger partial charge in [-0.2, -0.15) is 0 Å². The number of pyridine rings is 2. The first-order valence-corrected chi connectivity index (χ1v) is 19.2. The third kappa shape index (κ3) is 6.85. The van der Waals surface area contributed by atoms with Crippen molar-refractivity contribution in [2.75, 3.05) is 0 Å². The number of fused-ring (bicyclic) bond motifs is 3. The number of benzene rings is 6. The third-order valence-corrected chi connectivity index (χ3v) is 10.8. The Kier molecular flexibility index (Phi) is 9.70. The quantitative estimate of drug-likeness (QED) is 0.175. The minimum Gasteiger partial charge on any atom is -0.507 e. The Morgan fingerprint density at radius 3 is 2.09 bits per heavy atom. The predicted molar refractivity (Wildman–Crippen MR) is 231 cm³/mol. The van der Waals surface area contributed by atoms with E-state index in [4.69, 9.17) is 9.97 Å². The van der Waals surface area contributed by atoms with E-state index in [1.54, 1.807) is 12.3 Å². The van der Waals surface area contributed by atoms with E-state index in [0.29, 0.717) is 5.56 Å². The van der Waals surface area contributed by atoms with Crippen molar-refractivity contribution in [1.82, 2.24) is 19.5 Å². The van der Waals surface area contributed by atoms with Crippen molar-refractivity contribution >= 4 is 32.8 Å². The van der Waals surface area contributed by atoms with Crippen molar-refractivity contribution in [3.05, 3.63) is 163 Å². The molecule has 0 radical (unpaired) electrons. The Morgan fingerprint density at radius 1 is 0.579 bits per heavy atom. The van der Waals surface area contributed by atoms with Crippen molar-refractivity contribution in [3.8, 4) is 56.2 Å². The number of hydrogen-bond acceptors (Lipinski definition) is 4. The van der Waals surface area contributed by atoms with Gasteiger partial charge in [0, 0.05) is 66.7 Å². The van der Waals surface area contributed by atoms with Crippen LogP contribution in [-0.4, -0.2) is 24.6 Å². The first kappa shape index (κ1) is 38.0. The van der Waals surface area contributed by atoms with Gasteiger partial charge in [-0.1, -0.05) is 125 Å². The molecule has 0 aliphatic carbocycles. The standard InChI is InChI=1S/C51H43N4O.Pt/c1-50(2,3)36-22-24-43(40(30-36)32-14-8-7-9-15-32)55-44-21-11-19-39(46-38-20-13-26-52-42(38)23-25-45(46)56)48(44)54-49(55)35-17-10-16-33(28-35)41-31-37(51(4,5)6)29-34-18-12-27-53-47(34)41;/h7-27,29-31,56H,1-6H3;/q-1;. The van der Waals surface area contributed by atoms with Crippen LogP contribution in [0.15, 0.2) is 146 Å². The molecule has 3 aromatic heterocycles. The number of aromatic hydroxyl groups is 1. The molecule has 0 unspecified atom stereocenters. The number of imidazole rings is 1. The van der Waals surface area contributed by atoms with E-state index < -0.39 is 0 Å². The fourth-order valence-corrected chi connectivity index (χ4v) is 7.78. The molecule has 6 heteroatoms. The van der Waals surface area contributed by atoms with Crippen LogP contribution in [-0.2, 0) is 31.9 Å². The van der Waals surface area contributed by atoms with Crippen molar-refractivity contribution in [1.29, 1.82) is 0 Å². The number of phenolic OH excluding ortho intramolecular Hbond substituents is 1. The summed E-state index contributed by atoms with van der Waals surface area (Å²) >= 11 is 0. The summed E-state index contributed by atoms with van der Waals surface area (Å²) in [6.45, 7) is 13.5. The zero-order valence-corrected chi connectivity index (χ0v) is 35.2. The number of rotatable bonds is 5. The van der Waals surface area contributed by atoms with Gasteiger partial charge in [0.15, 0.2) is 0 Å². The third-order valence-electron chi connectivity index (χ3n) is 10.8. The van der Waals surface area contributed by atoms with E-state index in [9.17, 15) is 5.11 Å². The summed E-state index contributed by atoms with van der Waals surface area (Å²) < 4.78 is 2.27. The Balaban J connectivity index is 0.00000455. The first-order valence-electron chi connectivity index (χ1n) is 19.2. The van der Waals surface area contributed by atoms with Crippen molar-refractivity contribution in [3.63, 3.8) is 0 Å². The minimum atomic E-state index is -0.0600. The van der Waals surface area contributed by atoms with Crippen LogP contribution >= 0.6 is 0 Å². The van der Waals surface area contributed by atoms with Crippen LogP contribution < -0.4 is 0 Å². The number of nitrogens with zero attached hydrogens (tertiary/aromatic N) is 4.